The second-order valence-electron chi connectivity index (χ2n) is 11.4. The highest BCUT2D eigenvalue weighted by Crippen LogP contribution is 2.27. The minimum absolute atomic E-state index is 0.151. The van der Waals surface area contributed by atoms with Crippen LogP contribution in [0.5, 0.6) is 0 Å². The third kappa shape index (κ3) is 5.66. The van der Waals surface area contributed by atoms with Gasteiger partial charge in [-0.15, -0.1) is 0 Å². The van der Waals surface area contributed by atoms with Gasteiger partial charge in [-0.1, -0.05) is 13.8 Å². The Morgan fingerprint density at radius 1 is 1.14 bits per heavy atom. The highest BCUT2D eigenvalue weighted by atomic mass is 16.5. The minimum Gasteiger partial charge on any atom is -0.381 e. The number of nitrogens with zero attached hydrogens (tertiary/aromatic N) is 6. The number of aromatic nitrogens is 5. The lowest BCUT2D eigenvalue weighted by Crippen LogP contribution is -2.43. The molecule has 0 radical (unpaired) electrons. The maximum atomic E-state index is 13.8. The topological polar surface area (TPSA) is 119 Å². The molecule has 220 valence electrons. The van der Waals surface area contributed by atoms with Crippen LogP contribution < -0.4 is 21.1 Å². The van der Waals surface area contributed by atoms with Crippen LogP contribution in [0.15, 0.2) is 47.8 Å². The van der Waals surface area contributed by atoms with Gasteiger partial charge in [0.15, 0.2) is 5.78 Å². The van der Waals surface area contributed by atoms with Crippen molar-refractivity contribution in [3.63, 3.8) is 0 Å². The summed E-state index contributed by atoms with van der Waals surface area (Å²) in [4.78, 5) is 43.0. The molecule has 5 heterocycles. The Bertz CT molecular complexity index is 1650. The van der Waals surface area contributed by atoms with Crippen molar-refractivity contribution in [3.8, 4) is 0 Å². The number of anilines is 3. The monoisotopic (exact) mass is 570 g/mol. The summed E-state index contributed by atoms with van der Waals surface area (Å²) in [7, 11) is 0. The van der Waals surface area contributed by atoms with Gasteiger partial charge < -0.3 is 24.8 Å². The van der Waals surface area contributed by atoms with Crippen molar-refractivity contribution in [1.29, 1.82) is 0 Å². The standard InChI is InChI=1S/C31H38N8O3/c1-20(2)28(40)26-15-22-16-34-31(35-23-4-5-27(21(3)14-23)37-10-8-32-9-11-37)36-29(22)38(30(26)41)18-25-17-33-19-39(25)24-6-12-42-13-7-24/h4-5,14-17,19-20,24,32H,6-13,18H2,1-3H3,(H,34,35,36). The lowest BCUT2D eigenvalue weighted by atomic mass is 10.0. The van der Waals surface area contributed by atoms with E-state index in [-0.39, 0.29) is 35.4 Å². The van der Waals surface area contributed by atoms with E-state index in [9.17, 15) is 9.59 Å². The van der Waals surface area contributed by atoms with Gasteiger partial charge in [-0.25, -0.2) is 9.97 Å². The van der Waals surface area contributed by atoms with Gasteiger partial charge in [-0.2, -0.15) is 4.98 Å². The molecule has 4 aromatic rings. The largest absolute Gasteiger partial charge is 0.381 e. The Morgan fingerprint density at radius 2 is 1.93 bits per heavy atom. The predicted octanol–water partition coefficient (Wildman–Crippen LogP) is 3.69. The molecule has 0 unspecified atom stereocenters. The molecular formula is C31H38N8O3. The lowest BCUT2D eigenvalue weighted by Gasteiger charge is -2.30. The summed E-state index contributed by atoms with van der Waals surface area (Å²) in [6.45, 7) is 11.3. The molecule has 11 nitrogen and oxygen atoms in total. The van der Waals surface area contributed by atoms with Crippen molar-refractivity contribution in [1.82, 2.24) is 29.4 Å². The number of pyridine rings is 1. The van der Waals surface area contributed by atoms with Gasteiger partial charge in [0.25, 0.3) is 5.56 Å². The van der Waals surface area contributed by atoms with Gasteiger partial charge >= 0.3 is 0 Å². The van der Waals surface area contributed by atoms with Crippen LogP contribution in [0.3, 0.4) is 0 Å². The van der Waals surface area contributed by atoms with Crippen LogP contribution in [-0.2, 0) is 11.3 Å². The van der Waals surface area contributed by atoms with Crippen LogP contribution in [0.1, 0.15) is 54.3 Å². The van der Waals surface area contributed by atoms with Gasteiger partial charge in [0.05, 0.1) is 24.1 Å². The molecule has 1 aromatic carbocycles. The summed E-state index contributed by atoms with van der Waals surface area (Å²) < 4.78 is 9.26. The van der Waals surface area contributed by atoms with Crippen molar-refractivity contribution in [2.75, 3.05) is 49.6 Å². The van der Waals surface area contributed by atoms with E-state index in [0.717, 1.165) is 56.0 Å². The summed E-state index contributed by atoms with van der Waals surface area (Å²) in [5.41, 5.74) is 4.39. The van der Waals surface area contributed by atoms with Gasteiger partial charge in [-0.3, -0.25) is 14.2 Å². The quantitative estimate of drug-likeness (QED) is 0.306. The Morgan fingerprint density at radius 3 is 2.67 bits per heavy atom. The van der Waals surface area contributed by atoms with Crippen LogP contribution in [0.2, 0.25) is 0 Å². The molecule has 6 rings (SSSR count). The maximum absolute atomic E-state index is 13.8. The van der Waals surface area contributed by atoms with Crippen LogP contribution in [0, 0.1) is 12.8 Å². The van der Waals surface area contributed by atoms with Crippen LogP contribution in [0.25, 0.3) is 11.0 Å². The lowest BCUT2D eigenvalue weighted by molar-refractivity contribution is 0.0688. The molecule has 11 heteroatoms. The number of ketones is 1. The molecule has 0 saturated carbocycles. The molecular weight excluding hydrogens is 532 g/mol. The number of carbonyl (C=O) groups excluding carboxylic acids is 1. The van der Waals surface area contributed by atoms with Crippen molar-refractivity contribution < 1.29 is 9.53 Å². The van der Waals surface area contributed by atoms with Crippen molar-refractivity contribution in [2.45, 2.75) is 46.2 Å². The number of imidazole rings is 1. The zero-order valence-electron chi connectivity index (χ0n) is 24.5. The highest BCUT2D eigenvalue weighted by Gasteiger charge is 2.23. The summed E-state index contributed by atoms with van der Waals surface area (Å²) in [5.74, 6) is -0.132. The first-order valence-corrected chi connectivity index (χ1v) is 14.8. The van der Waals surface area contributed by atoms with E-state index < -0.39 is 0 Å². The number of piperazine rings is 1. The van der Waals surface area contributed by atoms with Gasteiger partial charge in [0.1, 0.15) is 5.65 Å². The molecule has 2 aliphatic rings. The fraction of sp³-hybridized carbons (Fsp3) is 0.452. The van der Waals surface area contributed by atoms with Crippen LogP contribution >= 0.6 is 0 Å². The van der Waals surface area contributed by atoms with E-state index in [1.165, 1.54) is 5.69 Å². The van der Waals surface area contributed by atoms with E-state index in [2.05, 4.69) is 49.1 Å². The Labute approximate surface area is 244 Å². The first kappa shape index (κ1) is 28.0. The third-order valence-electron chi connectivity index (χ3n) is 8.18. The first-order valence-electron chi connectivity index (χ1n) is 14.8. The number of ether oxygens (including phenoxy) is 1. The highest BCUT2D eigenvalue weighted by molar-refractivity contribution is 5.99. The molecule has 2 saturated heterocycles. The number of aryl methyl sites for hydroxylation is 1. The van der Waals surface area contributed by atoms with Crippen LogP contribution in [-0.4, -0.2) is 69.3 Å². The average Bonchev–Trinajstić information content (AvgIpc) is 3.47. The zero-order chi connectivity index (χ0) is 29.2. The van der Waals surface area contributed by atoms with Crippen molar-refractivity contribution in [3.05, 3.63) is 70.2 Å². The number of nitrogens with one attached hydrogen (secondary N) is 2. The van der Waals surface area contributed by atoms with E-state index in [4.69, 9.17) is 9.72 Å². The van der Waals surface area contributed by atoms with Gasteiger partial charge in [0.2, 0.25) is 5.95 Å². The molecule has 0 spiro atoms. The molecule has 2 fully saturated rings. The number of Topliss-reactive ketones (excluding diaryl/α,β-unsaturated/α-hetero) is 1. The zero-order valence-corrected chi connectivity index (χ0v) is 24.5. The van der Waals surface area contributed by atoms with E-state index in [1.54, 1.807) is 36.9 Å². The second kappa shape index (κ2) is 12.0. The Kier molecular flexibility index (Phi) is 8.03. The molecule has 0 atom stereocenters. The number of hydrogen-bond donors (Lipinski definition) is 2. The first-order chi connectivity index (χ1) is 20.4. The number of benzene rings is 1. The molecule has 2 N–H and O–H groups in total. The molecule has 0 bridgehead atoms. The number of carbonyl (C=O) groups is 1. The van der Waals surface area contributed by atoms with Crippen molar-refractivity contribution >= 4 is 34.1 Å². The van der Waals surface area contributed by atoms with Gasteiger partial charge in [0, 0.05) is 80.5 Å². The van der Waals surface area contributed by atoms with E-state index in [0.29, 0.717) is 30.2 Å². The number of hydrogen-bond acceptors (Lipinski definition) is 9. The predicted molar refractivity (Wildman–Crippen MR) is 163 cm³/mol. The fourth-order valence-corrected chi connectivity index (χ4v) is 5.88. The van der Waals surface area contributed by atoms with E-state index >= 15 is 0 Å². The summed E-state index contributed by atoms with van der Waals surface area (Å²) in [6, 6.07) is 8.12. The Balaban J connectivity index is 1.36. The Hall–Kier alpha value is -4.09. The number of fused-ring (bicyclic) bond motifs is 1. The fourth-order valence-electron chi connectivity index (χ4n) is 5.88. The van der Waals surface area contributed by atoms with Crippen LogP contribution in [0.4, 0.5) is 17.3 Å². The minimum atomic E-state index is -0.359. The second-order valence-corrected chi connectivity index (χ2v) is 11.4. The number of rotatable bonds is 8. The normalized spacial score (nSPS) is 16.3. The van der Waals surface area contributed by atoms with Gasteiger partial charge in [-0.05, 0) is 49.6 Å². The molecule has 42 heavy (non-hydrogen) atoms. The molecule has 2 aliphatic heterocycles. The molecule has 0 amide bonds. The smallest absolute Gasteiger partial charge is 0.263 e. The van der Waals surface area contributed by atoms with Crippen molar-refractivity contribution in [2.24, 2.45) is 5.92 Å². The molecule has 3 aromatic heterocycles. The summed E-state index contributed by atoms with van der Waals surface area (Å²) in [6.07, 6.45) is 7.04. The third-order valence-corrected chi connectivity index (χ3v) is 8.18. The SMILES string of the molecule is Cc1cc(Nc2ncc3cc(C(=O)C(C)C)c(=O)n(Cc4cncn4C4CCOCC4)c3n2)ccc1N1CCNCC1. The van der Waals surface area contributed by atoms with E-state index in [1.807, 2.05) is 12.4 Å². The molecule has 0 aliphatic carbocycles. The summed E-state index contributed by atoms with van der Waals surface area (Å²) in [5, 5.41) is 7.35. The summed E-state index contributed by atoms with van der Waals surface area (Å²) >= 11 is 0. The average molecular weight is 571 g/mol. The maximum Gasteiger partial charge on any atom is 0.263 e.